The quantitative estimate of drug-likeness (QED) is 0.440. The van der Waals surface area contributed by atoms with Gasteiger partial charge in [-0.25, -0.2) is 4.79 Å². The van der Waals surface area contributed by atoms with Crippen molar-refractivity contribution in [3.8, 4) is 12.3 Å². The van der Waals surface area contributed by atoms with E-state index in [0.29, 0.717) is 19.3 Å². The van der Waals surface area contributed by atoms with Gasteiger partial charge in [-0.3, -0.25) is 4.79 Å². The van der Waals surface area contributed by atoms with Crippen molar-refractivity contribution >= 4 is 12.4 Å². The summed E-state index contributed by atoms with van der Waals surface area (Å²) >= 11 is 0. The van der Waals surface area contributed by atoms with Gasteiger partial charge in [0.2, 0.25) is 6.41 Å². The molecule has 1 heterocycles. The molecule has 100 valence electrons. The van der Waals surface area contributed by atoms with Crippen molar-refractivity contribution < 1.29 is 19.1 Å². The second-order valence-corrected chi connectivity index (χ2v) is 4.35. The van der Waals surface area contributed by atoms with E-state index in [1.807, 2.05) is 6.92 Å². The van der Waals surface area contributed by atoms with E-state index in [4.69, 9.17) is 15.9 Å². The Labute approximate surface area is 107 Å². The van der Waals surface area contributed by atoms with E-state index in [2.05, 4.69) is 11.2 Å². The first-order valence-electron chi connectivity index (χ1n) is 6.10. The molecule has 4 atom stereocenters. The number of carbonyl (C=O) groups excluding carboxylic acids is 2. The summed E-state index contributed by atoms with van der Waals surface area (Å²) in [5.74, 6) is 2.07. The molecule has 1 rings (SSSR count). The average Bonchev–Trinajstić information content (AvgIpc) is 2.35. The molecule has 0 aromatic rings. The summed E-state index contributed by atoms with van der Waals surface area (Å²) in [6.07, 6.45) is 6.74. The van der Waals surface area contributed by atoms with Crippen molar-refractivity contribution in [1.29, 1.82) is 0 Å². The highest BCUT2D eigenvalue weighted by atomic mass is 16.5. The van der Waals surface area contributed by atoms with Crippen molar-refractivity contribution in [3.63, 3.8) is 0 Å². The second-order valence-electron chi connectivity index (χ2n) is 4.35. The fourth-order valence-electron chi connectivity index (χ4n) is 2.27. The number of hydrogen-bond donors (Lipinski definition) is 1. The molecular formula is C13H19NO4. The van der Waals surface area contributed by atoms with Crippen LogP contribution in [0.15, 0.2) is 0 Å². The zero-order chi connectivity index (χ0) is 13.5. The number of amides is 1. The number of rotatable bonds is 5. The number of esters is 1. The van der Waals surface area contributed by atoms with Gasteiger partial charge in [-0.1, -0.05) is 5.92 Å². The summed E-state index contributed by atoms with van der Waals surface area (Å²) in [7, 11) is 0. The summed E-state index contributed by atoms with van der Waals surface area (Å²) in [4.78, 5) is 22.4. The van der Waals surface area contributed by atoms with Crippen LogP contribution in [0.25, 0.3) is 0 Å². The Morgan fingerprint density at radius 3 is 2.94 bits per heavy atom. The van der Waals surface area contributed by atoms with Gasteiger partial charge in [-0.2, -0.15) is 0 Å². The maximum Gasteiger partial charge on any atom is 0.328 e. The summed E-state index contributed by atoms with van der Waals surface area (Å²) in [5.41, 5.74) is 0. The Bertz CT molecular complexity index is 336. The van der Waals surface area contributed by atoms with Gasteiger partial charge in [-0.05, 0) is 32.6 Å². The molecular weight excluding hydrogens is 234 g/mol. The number of hydrogen-bond acceptors (Lipinski definition) is 4. The Balaban J connectivity index is 2.75. The predicted molar refractivity (Wildman–Crippen MR) is 65.5 cm³/mol. The monoisotopic (exact) mass is 253 g/mol. The van der Waals surface area contributed by atoms with Gasteiger partial charge >= 0.3 is 5.97 Å². The van der Waals surface area contributed by atoms with Crippen molar-refractivity contribution in [1.82, 2.24) is 5.32 Å². The van der Waals surface area contributed by atoms with Crippen LogP contribution in [-0.4, -0.2) is 37.2 Å². The number of nitrogens with one attached hydrogen (secondary N) is 1. The van der Waals surface area contributed by atoms with E-state index in [-0.39, 0.29) is 24.7 Å². The van der Waals surface area contributed by atoms with Crippen LogP contribution in [0.3, 0.4) is 0 Å². The normalized spacial score (nSPS) is 28.8. The molecule has 1 N–H and O–H groups in total. The minimum atomic E-state index is -0.648. The molecule has 0 saturated carbocycles. The van der Waals surface area contributed by atoms with Gasteiger partial charge in [0.1, 0.15) is 12.1 Å². The average molecular weight is 253 g/mol. The largest absolute Gasteiger partial charge is 0.464 e. The zero-order valence-electron chi connectivity index (χ0n) is 10.7. The molecule has 1 aliphatic heterocycles. The van der Waals surface area contributed by atoms with Crippen LogP contribution in [0.1, 0.15) is 26.7 Å². The van der Waals surface area contributed by atoms with Gasteiger partial charge in [0.25, 0.3) is 0 Å². The third-order valence-corrected chi connectivity index (χ3v) is 2.99. The lowest BCUT2D eigenvalue weighted by molar-refractivity contribution is -0.150. The fraction of sp³-hybridized carbons (Fsp3) is 0.692. The first-order chi connectivity index (χ1) is 8.62. The Kier molecular flexibility index (Phi) is 5.66. The minimum Gasteiger partial charge on any atom is -0.464 e. The smallest absolute Gasteiger partial charge is 0.328 e. The molecule has 4 unspecified atom stereocenters. The Morgan fingerprint density at radius 1 is 1.67 bits per heavy atom. The standard InChI is InChI=1S/C13H19NO4/c1-4-11-7-10(6-9(3)18-11)12(14-8-15)13(16)17-5-2/h1,8-12H,5-7H2,2-3H3,(H,14,15). The highest BCUT2D eigenvalue weighted by molar-refractivity contribution is 5.78. The molecule has 0 spiro atoms. The number of ether oxygens (including phenoxy) is 2. The molecule has 5 heteroatoms. The predicted octanol–water partition coefficient (Wildman–Crippen LogP) is 0.481. The van der Waals surface area contributed by atoms with E-state index >= 15 is 0 Å². The molecule has 0 aromatic heterocycles. The van der Waals surface area contributed by atoms with Crippen LogP contribution >= 0.6 is 0 Å². The SMILES string of the molecule is C#CC1CC(C(NC=O)C(=O)OCC)CC(C)O1. The van der Waals surface area contributed by atoms with Gasteiger partial charge in [0.05, 0.1) is 12.7 Å². The lowest BCUT2D eigenvalue weighted by Crippen LogP contribution is -2.47. The Hall–Kier alpha value is -1.54. The molecule has 0 bridgehead atoms. The molecule has 5 nitrogen and oxygen atoms in total. The molecule has 18 heavy (non-hydrogen) atoms. The van der Waals surface area contributed by atoms with Crippen LogP contribution in [-0.2, 0) is 19.1 Å². The van der Waals surface area contributed by atoms with Gasteiger partial charge in [0, 0.05) is 0 Å². The van der Waals surface area contributed by atoms with Gasteiger partial charge < -0.3 is 14.8 Å². The van der Waals surface area contributed by atoms with E-state index < -0.39 is 12.0 Å². The van der Waals surface area contributed by atoms with E-state index in [0.717, 1.165) is 0 Å². The van der Waals surface area contributed by atoms with Crippen LogP contribution < -0.4 is 5.32 Å². The van der Waals surface area contributed by atoms with Crippen molar-refractivity contribution in [2.24, 2.45) is 5.92 Å². The van der Waals surface area contributed by atoms with Gasteiger partial charge in [0.15, 0.2) is 0 Å². The van der Waals surface area contributed by atoms with Crippen LogP contribution in [0.2, 0.25) is 0 Å². The topological polar surface area (TPSA) is 64.6 Å². The lowest BCUT2D eigenvalue weighted by Gasteiger charge is -2.34. The fourth-order valence-corrected chi connectivity index (χ4v) is 2.27. The highest BCUT2D eigenvalue weighted by Gasteiger charge is 2.36. The summed E-state index contributed by atoms with van der Waals surface area (Å²) < 4.78 is 10.5. The van der Waals surface area contributed by atoms with Crippen LogP contribution in [0.5, 0.6) is 0 Å². The third-order valence-electron chi connectivity index (χ3n) is 2.99. The highest BCUT2D eigenvalue weighted by Crippen LogP contribution is 2.27. The number of terminal acetylenes is 1. The molecule has 1 saturated heterocycles. The summed E-state index contributed by atoms with van der Waals surface area (Å²) in [5, 5.41) is 2.52. The maximum atomic E-state index is 11.8. The molecule has 0 radical (unpaired) electrons. The third kappa shape index (κ3) is 3.74. The maximum absolute atomic E-state index is 11.8. The van der Waals surface area contributed by atoms with E-state index in [9.17, 15) is 9.59 Å². The summed E-state index contributed by atoms with van der Waals surface area (Å²) in [6.45, 7) is 3.92. The Morgan fingerprint density at radius 2 is 2.39 bits per heavy atom. The van der Waals surface area contributed by atoms with Crippen molar-refractivity contribution in [2.75, 3.05) is 6.61 Å². The molecule has 1 amide bonds. The van der Waals surface area contributed by atoms with Crippen LogP contribution in [0, 0.1) is 18.3 Å². The van der Waals surface area contributed by atoms with E-state index in [1.54, 1.807) is 6.92 Å². The molecule has 0 aliphatic carbocycles. The zero-order valence-corrected chi connectivity index (χ0v) is 10.7. The number of carbonyl (C=O) groups is 2. The van der Waals surface area contributed by atoms with Crippen LogP contribution in [0.4, 0.5) is 0 Å². The van der Waals surface area contributed by atoms with Crippen molar-refractivity contribution in [3.05, 3.63) is 0 Å². The lowest BCUT2D eigenvalue weighted by atomic mass is 9.86. The van der Waals surface area contributed by atoms with Gasteiger partial charge in [-0.15, -0.1) is 6.42 Å². The molecule has 0 aromatic carbocycles. The second kappa shape index (κ2) is 7.02. The minimum absolute atomic E-state index is 0.0322. The molecule has 1 fully saturated rings. The summed E-state index contributed by atoms with van der Waals surface area (Å²) in [6, 6.07) is -0.648. The first-order valence-corrected chi connectivity index (χ1v) is 6.10. The van der Waals surface area contributed by atoms with E-state index in [1.165, 1.54) is 0 Å². The van der Waals surface area contributed by atoms with Crippen molar-refractivity contribution in [2.45, 2.75) is 44.9 Å². The molecule has 1 aliphatic rings. The first kappa shape index (κ1) is 14.5.